The lowest BCUT2D eigenvalue weighted by atomic mass is 9.94. The van der Waals surface area contributed by atoms with Crippen LogP contribution in [0.25, 0.3) is 11.0 Å². The number of benzene rings is 1. The zero-order chi connectivity index (χ0) is 18.3. The molecular weight excluding hydrogens is 356 g/mol. The van der Waals surface area contributed by atoms with E-state index in [1.807, 2.05) is 19.2 Å². The summed E-state index contributed by atoms with van der Waals surface area (Å²) in [6.45, 7) is 2.82. The molecule has 2 amide bonds. The van der Waals surface area contributed by atoms with Crippen LogP contribution in [0.2, 0.25) is 5.02 Å². The van der Waals surface area contributed by atoms with Crippen molar-refractivity contribution in [3.8, 4) is 0 Å². The maximum atomic E-state index is 12.6. The standard InChI is InChI=1S/C18H21ClN4O3/c1-22(18(25)11-4-5-20-17(24)6-11)13-8-23(9-13)10-15-14-7-12(19)2-3-16(14)26-21-15/h2-3,7,11,13H,4-6,8-10H2,1H3,(H,20,24). The van der Waals surface area contributed by atoms with Crippen LogP contribution in [0.4, 0.5) is 0 Å². The van der Waals surface area contributed by atoms with Crippen molar-refractivity contribution in [2.24, 2.45) is 5.92 Å². The van der Waals surface area contributed by atoms with Crippen LogP contribution in [0.5, 0.6) is 0 Å². The number of amides is 2. The lowest BCUT2D eigenvalue weighted by molar-refractivity contribution is -0.143. The molecule has 7 nitrogen and oxygen atoms in total. The molecule has 0 aliphatic carbocycles. The van der Waals surface area contributed by atoms with Gasteiger partial charge in [-0.05, 0) is 24.6 Å². The topological polar surface area (TPSA) is 78.7 Å². The quantitative estimate of drug-likeness (QED) is 0.877. The SMILES string of the molecule is CN(C(=O)C1CCNC(=O)C1)C1CN(Cc2noc3ccc(Cl)cc23)C1. The molecule has 2 fully saturated rings. The Morgan fingerprint density at radius 3 is 3.04 bits per heavy atom. The Morgan fingerprint density at radius 2 is 2.27 bits per heavy atom. The molecule has 0 spiro atoms. The van der Waals surface area contributed by atoms with E-state index in [4.69, 9.17) is 16.1 Å². The van der Waals surface area contributed by atoms with Crippen LogP contribution in [-0.2, 0) is 16.1 Å². The molecule has 8 heteroatoms. The largest absolute Gasteiger partial charge is 0.356 e. The van der Waals surface area contributed by atoms with Gasteiger partial charge in [0.25, 0.3) is 0 Å². The zero-order valence-corrected chi connectivity index (χ0v) is 15.3. The van der Waals surface area contributed by atoms with Gasteiger partial charge in [0.2, 0.25) is 11.8 Å². The fourth-order valence-corrected chi connectivity index (χ4v) is 3.84. The second-order valence-electron chi connectivity index (χ2n) is 7.11. The van der Waals surface area contributed by atoms with E-state index < -0.39 is 0 Å². The van der Waals surface area contributed by atoms with E-state index in [-0.39, 0.29) is 23.8 Å². The smallest absolute Gasteiger partial charge is 0.226 e. The highest BCUT2D eigenvalue weighted by Crippen LogP contribution is 2.26. The normalized spacial score (nSPS) is 21.5. The molecule has 2 aliphatic heterocycles. The maximum absolute atomic E-state index is 12.6. The second-order valence-corrected chi connectivity index (χ2v) is 7.54. The Bertz CT molecular complexity index is 846. The summed E-state index contributed by atoms with van der Waals surface area (Å²) in [5, 5.41) is 8.50. The average Bonchev–Trinajstić information content (AvgIpc) is 2.98. The van der Waals surface area contributed by atoms with E-state index in [1.54, 1.807) is 11.0 Å². The fraction of sp³-hybridized carbons (Fsp3) is 0.500. The molecule has 0 bridgehead atoms. The lowest BCUT2D eigenvalue weighted by Gasteiger charge is -2.44. The summed E-state index contributed by atoms with van der Waals surface area (Å²) >= 11 is 6.06. The van der Waals surface area contributed by atoms with E-state index in [0.717, 1.165) is 36.2 Å². The van der Waals surface area contributed by atoms with E-state index in [2.05, 4.69) is 15.4 Å². The van der Waals surface area contributed by atoms with Crippen molar-refractivity contribution in [1.82, 2.24) is 20.3 Å². The van der Waals surface area contributed by atoms with Gasteiger partial charge in [-0.2, -0.15) is 0 Å². The Balaban J connectivity index is 1.34. The molecule has 1 aromatic heterocycles. The number of nitrogens with zero attached hydrogens (tertiary/aromatic N) is 3. The van der Waals surface area contributed by atoms with Gasteiger partial charge in [0.15, 0.2) is 5.58 Å². The summed E-state index contributed by atoms with van der Waals surface area (Å²) in [4.78, 5) is 28.1. The van der Waals surface area contributed by atoms with E-state index in [1.165, 1.54) is 0 Å². The molecule has 1 atom stereocenters. The highest BCUT2D eigenvalue weighted by molar-refractivity contribution is 6.31. The number of nitrogens with one attached hydrogen (secondary N) is 1. The number of rotatable bonds is 4. The van der Waals surface area contributed by atoms with Gasteiger partial charge in [0.1, 0.15) is 5.69 Å². The predicted octanol–water partition coefficient (Wildman–Crippen LogP) is 1.65. The van der Waals surface area contributed by atoms with Crippen LogP contribution in [0.3, 0.4) is 0 Å². The number of carbonyl (C=O) groups excluding carboxylic acids is 2. The number of piperidine rings is 1. The van der Waals surface area contributed by atoms with Gasteiger partial charge < -0.3 is 14.7 Å². The third kappa shape index (κ3) is 3.29. The number of hydrogen-bond acceptors (Lipinski definition) is 5. The molecule has 0 radical (unpaired) electrons. The average molecular weight is 377 g/mol. The number of likely N-dealkylation sites (tertiary alicyclic amines) is 1. The minimum Gasteiger partial charge on any atom is -0.356 e. The van der Waals surface area contributed by atoms with Crippen molar-refractivity contribution < 1.29 is 14.1 Å². The maximum Gasteiger partial charge on any atom is 0.226 e. The Kier molecular flexibility index (Phi) is 4.58. The molecule has 26 heavy (non-hydrogen) atoms. The highest BCUT2D eigenvalue weighted by Gasteiger charge is 2.36. The molecule has 138 valence electrons. The van der Waals surface area contributed by atoms with Gasteiger partial charge in [-0.1, -0.05) is 16.8 Å². The van der Waals surface area contributed by atoms with Crippen LogP contribution in [-0.4, -0.2) is 59.5 Å². The minimum atomic E-state index is -0.190. The number of aromatic nitrogens is 1. The summed E-state index contributed by atoms with van der Waals surface area (Å²) in [6, 6.07) is 5.64. The number of hydrogen-bond donors (Lipinski definition) is 1. The minimum absolute atomic E-state index is 0.0326. The third-order valence-electron chi connectivity index (χ3n) is 5.31. The predicted molar refractivity (Wildman–Crippen MR) is 96.6 cm³/mol. The molecule has 2 saturated heterocycles. The van der Waals surface area contributed by atoms with Crippen molar-refractivity contribution in [2.45, 2.75) is 25.4 Å². The lowest BCUT2D eigenvalue weighted by Crippen LogP contribution is -2.60. The molecular formula is C18H21ClN4O3. The van der Waals surface area contributed by atoms with E-state index in [9.17, 15) is 9.59 Å². The van der Waals surface area contributed by atoms with Gasteiger partial charge in [-0.15, -0.1) is 0 Å². The zero-order valence-electron chi connectivity index (χ0n) is 14.6. The molecule has 2 aliphatic rings. The molecule has 1 unspecified atom stereocenters. The van der Waals surface area contributed by atoms with Crippen LogP contribution >= 0.6 is 11.6 Å². The van der Waals surface area contributed by atoms with Gasteiger partial charge >= 0.3 is 0 Å². The fourth-order valence-electron chi connectivity index (χ4n) is 3.67. The van der Waals surface area contributed by atoms with Crippen LogP contribution in [0.15, 0.2) is 22.7 Å². The van der Waals surface area contributed by atoms with E-state index in [0.29, 0.717) is 24.5 Å². The summed E-state index contributed by atoms with van der Waals surface area (Å²) in [5.74, 6) is -0.151. The summed E-state index contributed by atoms with van der Waals surface area (Å²) in [6.07, 6.45) is 1.02. The first-order chi connectivity index (χ1) is 12.5. The molecule has 0 saturated carbocycles. The van der Waals surface area contributed by atoms with E-state index >= 15 is 0 Å². The van der Waals surface area contributed by atoms with Crippen LogP contribution in [0.1, 0.15) is 18.5 Å². The molecule has 3 heterocycles. The van der Waals surface area contributed by atoms with Crippen molar-refractivity contribution in [1.29, 1.82) is 0 Å². The first-order valence-electron chi connectivity index (χ1n) is 8.81. The van der Waals surface area contributed by atoms with Gasteiger partial charge in [0, 0.05) is 56.0 Å². The van der Waals surface area contributed by atoms with Gasteiger partial charge in [-0.25, -0.2) is 0 Å². The summed E-state index contributed by atoms with van der Waals surface area (Å²) in [5.41, 5.74) is 1.59. The molecule has 4 rings (SSSR count). The molecule has 2 aromatic rings. The van der Waals surface area contributed by atoms with Crippen molar-refractivity contribution in [3.05, 3.63) is 28.9 Å². The molecule has 1 aromatic carbocycles. The highest BCUT2D eigenvalue weighted by atomic mass is 35.5. The van der Waals surface area contributed by atoms with Crippen molar-refractivity contribution in [3.63, 3.8) is 0 Å². The first-order valence-corrected chi connectivity index (χ1v) is 9.18. The number of halogens is 1. The number of carbonyl (C=O) groups is 2. The van der Waals surface area contributed by atoms with Crippen molar-refractivity contribution in [2.75, 3.05) is 26.7 Å². The summed E-state index contributed by atoms with van der Waals surface area (Å²) in [7, 11) is 1.84. The summed E-state index contributed by atoms with van der Waals surface area (Å²) < 4.78 is 5.34. The monoisotopic (exact) mass is 376 g/mol. The van der Waals surface area contributed by atoms with Crippen molar-refractivity contribution >= 4 is 34.4 Å². The van der Waals surface area contributed by atoms with Gasteiger partial charge in [-0.3, -0.25) is 14.5 Å². The third-order valence-corrected chi connectivity index (χ3v) is 5.54. The number of fused-ring (bicyclic) bond motifs is 1. The van der Waals surface area contributed by atoms with Crippen LogP contribution in [0, 0.1) is 5.92 Å². The number of likely N-dealkylation sites (N-methyl/N-ethyl adjacent to an activating group) is 1. The first kappa shape index (κ1) is 17.3. The molecule has 1 N–H and O–H groups in total. The second kappa shape index (κ2) is 6.89. The van der Waals surface area contributed by atoms with Crippen LogP contribution < -0.4 is 5.32 Å². The Morgan fingerprint density at radius 1 is 1.46 bits per heavy atom. The van der Waals surface area contributed by atoms with Gasteiger partial charge in [0.05, 0.1) is 6.04 Å². The Hall–Kier alpha value is -2.12. The Labute approximate surface area is 156 Å².